The highest BCUT2D eigenvalue weighted by Gasteiger charge is 2.11. The Morgan fingerprint density at radius 2 is 2.07 bits per heavy atom. The van der Waals surface area contributed by atoms with Gasteiger partial charge in [0, 0.05) is 12.2 Å². The summed E-state index contributed by atoms with van der Waals surface area (Å²) in [5.74, 6) is 0.570. The lowest BCUT2D eigenvalue weighted by Crippen LogP contribution is -2.31. The van der Waals surface area contributed by atoms with Crippen molar-refractivity contribution in [3.8, 4) is 0 Å². The van der Waals surface area contributed by atoms with Crippen LogP contribution in [0.1, 0.15) is 35.7 Å². The van der Waals surface area contributed by atoms with E-state index >= 15 is 0 Å². The highest BCUT2D eigenvalue weighted by Crippen LogP contribution is 2.03. The summed E-state index contributed by atoms with van der Waals surface area (Å²) in [5.41, 5.74) is 1.26. The van der Waals surface area contributed by atoms with Crippen molar-refractivity contribution in [3.05, 3.63) is 23.3 Å². The molecule has 0 radical (unpaired) electrons. The zero-order chi connectivity index (χ0) is 10.7. The van der Waals surface area contributed by atoms with Crippen LogP contribution in [0.2, 0.25) is 0 Å². The second kappa shape index (κ2) is 4.17. The summed E-state index contributed by atoms with van der Waals surface area (Å²) in [4.78, 5) is 19.7. The summed E-state index contributed by atoms with van der Waals surface area (Å²) < 4.78 is 0. The predicted molar refractivity (Wildman–Crippen MR) is 54.1 cm³/mol. The first-order chi connectivity index (χ1) is 6.50. The van der Waals surface area contributed by atoms with Gasteiger partial charge in [0.1, 0.15) is 5.82 Å². The Balaban J connectivity index is 2.90. The second-order valence-corrected chi connectivity index (χ2v) is 3.54. The molecule has 0 aliphatic carbocycles. The van der Waals surface area contributed by atoms with Gasteiger partial charge in [-0.15, -0.1) is 0 Å². The summed E-state index contributed by atoms with van der Waals surface area (Å²) in [6.07, 6.45) is 1.56. The first-order valence-electron chi connectivity index (χ1n) is 4.62. The number of amides is 1. The van der Waals surface area contributed by atoms with E-state index in [1.807, 2.05) is 20.8 Å². The van der Waals surface area contributed by atoms with E-state index in [0.717, 1.165) is 5.69 Å². The van der Waals surface area contributed by atoms with Crippen molar-refractivity contribution in [2.24, 2.45) is 0 Å². The van der Waals surface area contributed by atoms with Gasteiger partial charge in [-0.25, -0.2) is 9.97 Å². The molecule has 0 unspecified atom stereocenters. The van der Waals surface area contributed by atoms with Crippen molar-refractivity contribution >= 4 is 5.91 Å². The molecule has 0 fully saturated rings. The average molecular weight is 193 g/mol. The van der Waals surface area contributed by atoms with Gasteiger partial charge in [-0.05, 0) is 27.7 Å². The zero-order valence-electron chi connectivity index (χ0n) is 8.96. The lowest BCUT2D eigenvalue weighted by molar-refractivity contribution is 0.0941. The number of nitrogens with one attached hydrogen (secondary N) is 1. The molecule has 1 aromatic rings. The molecule has 0 saturated heterocycles. The van der Waals surface area contributed by atoms with Crippen molar-refractivity contribution in [1.29, 1.82) is 0 Å². The van der Waals surface area contributed by atoms with Gasteiger partial charge >= 0.3 is 0 Å². The molecule has 1 N–H and O–H groups in total. The van der Waals surface area contributed by atoms with Gasteiger partial charge in [-0.1, -0.05) is 0 Å². The number of carbonyl (C=O) groups excluding carboxylic acids is 1. The number of hydrogen-bond donors (Lipinski definition) is 1. The molecular weight excluding hydrogens is 178 g/mol. The first-order valence-corrected chi connectivity index (χ1v) is 4.62. The van der Waals surface area contributed by atoms with Crippen molar-refractivity contribution < 1.29 is 4.79 Å². The monoisotopic (exact) mass is 193 g/mol. The van der Waals surface area contributed by atoms with Crippen LogP contribution in [0.3, 0.4) is 0 Å². The van der Waals surface area contributed by atoms with Gasteiger partial charge in [0.05, 0.1) is 11.3 Å². The average Bonchev–Trinajstić information content (AvgIpc) is 2.01. The van der Waals surface area contributed by atoms with Crippen LogP contribution < -0.4 is 5.32 Å². The summed E-state index contributed by atoms with van der Waals surface area (Å²) in [5, 5.41) is 2.80. The lowest BCUT2D eigenvalue weighted by Gasteiger charge is -2.09. The Hall–Kier alpha value is -1.45. The molecular formula is C10H15N3O. The van der Waals surface area contributed by atoms with Crippen LogP contribution >= 0.6 is 0 Å². The molecule has 0 atom stereocenters. The number of nitrogens with zero attached hydrogens (tertiary/aromatic N) is 2. The lowest BCUT2D eigenvalue weighted by atomic mass is 10.2. The Morgan fingerprint density at radius 3 is 2.57 bits per heavy atom. The van der Waals surface area contributed by atoms with Gasteiger partial charge < -0.3 is 5.32 Å². The van der Waals surface area contributed by atoms with Crippen molar-refractivity contribution in [1.82, 2.24) is 15.3 Å². The molecule has 1 heterocycles. The van der Waals surface area contributed by atoms with Crippen LogP contribution in [0, 0.1) is 13.8 Å². The Labute approximate surface area is 83.8 Å². The predicted octanol–water partition coefficient (Wildman–Crippen LogP) is 1.23. The molecule has 14 heavy (non-hydrogen) atoms. The SMILES string of the molecule is Cc1ncc(C(=O)NC(C)C)c(C)n1. The maximum Gasteiger partial charge on any atom is 0.254 e. The smallest absolute Gasteiger partial charge is 0.254 e. The third-order valence-corrected chi connectivity index (χ3v) is 1.76. The molecule has 0 spiro atoms. The van der Waals surface area contributed by atoms with E-state index in [1.54, 1.807) is 13.1 Å². The van der Waals surface area contributed by atoms with E-state index < -0.39 is 0 Å². The number of aryl methyl sites for hydroxylation is 2. The van der Waals surface area contributed by atoms with Crippen molar-refractivity contribution in [2.45, 2.75) is 33.7 Å². The Morgan fingerprint density at radius 1 is 1.43 bits per heavy atom. The Bertz CT molecular complexity index is 347. The minimum absolute atomic E-state index is 0.113. The van der Waals surface area contributed by atoms with Crippen molar-refractivity contribution in [3.63, 3.8) is 0 Å². The fraction of sp³-hybridized carbons (Fsp3) is 0.500. The van der Waals surface area contributed by atoms with Crippen LogP contribution in [-0.2, 0) is 0 Å². The maximum atomic E-state index is 11.6. The molecule has 1 rings (SSSR count). The first kappa shape index (κ1) is 10.6. The molecule has 1 aromatic heterocycles. The number of carbonyl (C=O) groups is 1. The Kier molecular flexibility index (Phi) is 3.17. The van der Waals surface area contributed by atoms with E-state index in [4.69, 9.17) is 0 Å². The third kappa shape index (κ3) is 2.52. The number of aromatic nitrogens is 2. The van der Waals surface area contributed by atoms with Crippen LogP contribution in [0.5, 0.6) is 0 Å². The zero-order valence-corrected chi connectivity index (χ0v) is 8.96. The van der Waals surface area contributed by atoms with Crippen LogP contribution in [0.25, 0.3) is 0 Å². The van der Waals surface area contributed by atoms with Crippen LogP contribution in [0.15, 0.2) is 6.20 Å². The molecule has 0 aliphatic heterocycles. The highest BCUT2D eigenvalue weighted by atomic mass is 16.1. The van der Waals surface area contributed by atoms with E-state index in [2.05, 4.69) is 15.3 Å². The molecule has 4 heteroatoms. The van der Waals surface area contributed by atoms with E-state index in [9.17, 15) is 4.79 Å². The van der Waals surface area contributed by atoms with E-state index in [0.29, 0.717) is 11.4 Å². The number of rotatable bonds is 2. The molecule has 4 nitrogen and oxygen atoms in total. The van der Waals surface area contributed by atoms with E-state index in [-0.39, 0.29) is 11.9 Å². The van der Waals surface area contributed by atoms with E-state index in [1.165, 1.54) is 0 Å². The highest BCUT2D eigenvalue weighted by molar-refractivity contribution is 5.94. The van der Waals surface area contributed by atoms with Gasteiger partial charge in [0.25, 0.3) is 5.91 Å². The van der Waals surface area contributed by atoms with Gasteiger partial charge in [-0.3, -0.25) is 4.79 Å². The third-order valence-electron chi connectivity index (χ3n) is 1.76. The second-order valence-electron chi connectivity index (χ2n) is 3.54. The standard InChI is InChI=1S/C10H15N3O/c1-6(2)12-10(14)9-5-11-8(4)13-7(9)3/h5-6H,1-4H3,(H,12,14). The molecule has 0 aliphatic rings. The van der Waals surface area contributed by atoms with Crippen LogP contribution in [-0.4, -0.2) is 21.9 Å². The molecule has 1 amide bonds. The largest absolute Gasteiger partial charge is 0.350 e. The topological polar surface area (TPSA) is 54.9 Å². The van der Waals surface area contributed by atoms with Crippen molar-refractivity contribution in [2.75, 3.05) is 0 Å². The maximum absolute atomic E-state index is 11.6. The van der Waals surface area contributed by atoms with Gasteiger partial charge in [0.2, 0.25) is 0 Å². The fourth-order valence-corrected chi connectivity index (χ4v) is 1.15. The molecule has 0 aromatic carbocycles. The summed E-state index contributed by atoms with van der Waals surface area (Å²) in [6, 6.07) is 0.128. The molecule has 76 valence electrons. The summed E-state index contributed by atoms with van der Waals surface area (Å²) in [6.45, 7) is 7.45. The fourth-order valence-electron chi connectivity index (χ4n) is 1.15. The summed E-state index contributed by atoms with van der Waals surface area (Å²) >= 11 is 0. The summed E-state index contributed by atoms with van der Waals surface area (Å²) in [7, 11) is 0. The quantitative estimate of drug-likeness (QED) is 0.768. The van der Waals surface area contributed by atoms with Gasteiger partial charge in [-0.2, -0.15) is 0 Å². The minimum atomic E-state index is -0.113. The normalized spacial score (nSPS) is 10.4. The molecule has 0 bridgehead atoms. The van der Waals surface area contributed by atoms with Gasteiger partial charge in [0.15, 0.2) is 0 Å². The molecule has 0 saturated carbocycles. The minimum Gasteiger partial charge on any atom is -0.350 e. The number of hydrogen-bond acceptors (Lipinski definition) is 3. The van der Waals surface area contributed by atoms with Crippen LogP contribution in [0.4, 0.5) is 0 Å².